The number of benzene rings is 1. The summed E-state index contributed by atoms with van der Waals surface area (Å²) >= 11 is 0. The highest BCUT2D eigenvalue weighted by molar-refractivity contribution is 5.49. The standard InChI is InChI=1S/C16H14N6/c1-12(21-16-14(9-17)3-2-8-19-16)13-4-6-15(7-5-13)22-11-18-10-20-22/h2-8,10-12H,1H3,(H,19,21)/p+1/t12-/m0/s1. The van der Waals surface area contributed by atoms with Gasteiger partial charge in [-0.05, 0) is 36.8 Å². The summed E-state index contributed by atoms with van der Waals surface area (Å²) in [6.07, 6.45) is 4.96. The molecule has 0 radical (unpaired) electrons. The number of aromatic nitrogens is 4. The Balaban J connectivity index is 1.78. The van der Waals surface area contributed by atoms with Crippen molar-refractivity contribution in [2.75, 3.05) is 5.32 Å². The first-order valence-electron chi connectivity index (χ1n) is 6.90. The molecule has 0 aliphatic heterocycles. The molecule has 2 heterocycles. The van der Waals surface area contributed by atoms with Crippen molar-refractivity contribution in [3.8, 4) is 11.8 Å². The van der Waals surface area contributed by atoms with Gasteiger partial charge in [0.2, 0.25) is 0 Å². The number of nitriles is 1. The number of aromatic amines is 1. The highest BCUT2D eigenvalue weighted by Crippen LogP contribution is 2.19. The van der Waals surface area contributed by atoms with Gasteiger partial charge < -0.3 is 0 Å². The van der Waals surface area contributed by atoms with E-state index in [4.69, 9.17) is 5.26 Å². The molecule has 2 N–H and O–H groups in total. The van der Waals surface area contributed by atoms with E-state index in [1.807, 2.05) is 31.2 Å². The number of hydrogen-bond donors (Lipinski definition) is 1. The largest absolute Gasteiger partial charge is 0.290 e. The smallest absolute Gasteiger partial charge is 0.267 e. The van der Waals surface area contributed by atoms with E-state index in [1.165, 1.54) is 6.33 Å². The fourth-order valence-electron chi connectivity index (χ4n) is 2.21. The third-order valence-corrected chi connectivity index (χ3v) is 3.41. The van der Waals surface area contributed by atoms with Gasteiger partial charge in [0.1, 0.15) is 30.3 Å². The molecule has 0 saturated carbocycles. The molecule has 0 bridgehead atoms. The van der Waals surface area contributed by atoms with E-state index in [0.29, 0.717) is 5.56 Å². The van der Waals surface area contributed by atoms with Gasteiger partial charge in [-0.25, -0.2) is 14.6 Å². The van der Waals surface area contributed by atoms with E-state index < -0.39 is 0 Å². The van der Waals surface area contributed by atoms with Crippen molar-refractivity contribution in [1.82, 2.24) is 14.8 Å². The van der Waals surface area contributed by atoms with Gasteiger partial charge in [0.25, 0.3) is 5.82 Å². The average molecular weight is 291 g/mol. The number of nitrogens with zero attached hydrogens (tertiary/aromatic N) is 4. The molecule has 0 saturated heterocycles. The molecule has 1 atom stereocenters. The zero-order chi connectivity index (χ0) is 15.4. The van der Waals surface area contributed by atoms with Crippen LogP contribution in [0.25, 0.3) is 5.69 Å². The van der Waals surface area contributed by atoms with Crippen LogP contribution in [0.4, 0.5) is 5.82 Å². The van der Waals surface area contributed by atoms with Gasteiger partial charge in [-0.15, -0.1) is 0 Å². The molecule has 6 heteroatoms. The SMILES string of the molecule is C[C@H](Nc1[nH+]cccc1C#N)c1ccc(-n2cncn2)cc1. The number of pyridine rings is 1. The molecular weight excluding hydrogens is 276 g/mol. The minimum absolute atomic E-state index is 0.0653. The van der Waals surface area contributed by atoms with E-state index in [1.54, 1.807) is 29.3 Å². The van der Waals surface area contributed by atoms with E-state index in [2.05, 4.69) is 26.5 Å². The summed E-state index contributed by atoms with van der Waals surface area (Å²) in [4.78, 5) is 7.00. The van der Waals surface area contributed by atoms with E-state index in [9.17, 15) is 0 Å². The Bertz CT molecular complexity index is 786. The number of H-pyrrole nitrogens is 1. The summed E-state index contributed by atoms with van der Waals surface area (Å²) in [7, 11) is 0. The third-order valence-electron chi connectivity index (χ3n) is 3.41. The van der Waals surface area contributed by atoms with Crippen LogP contribution in [0.2, 0.25) is 0 Å². The Morgan fingerprint density at radius 1 is 1.27 bits per heavy atom. The van der Waals surface area contributed by atoms with Gasteiger partial charge >= 0.3 is 0 Å². The van der Waals surface area contributed by atoms with E-state index in [-0.39, 0.29) is 6.04 Å². The molecule has 0 spiro atoms. The first kappa shape index (κ1) is 13.8. The molecule has 3 aromatic rings. The van der Waals surface area contributed by atoms with Crippen LogP contribution in [-0.4, -0.2) is 14.8 Å². The molecular formula is C16H15N6+. The summed E-state index contributed by atoms with van der Waals surface area (Å²) in [6, 6.07) is 13.9. The molecule has 0 aliphatic carbocycles. The van der Waals surface area contributed by atoms with Crippen molar-refractivity contribution in [1.29, 1.82) is 5.26 Å². The second-order valence-corrected chi connectivity index (χ2v) is 4.87. The lowest BCUT2D eigenvalue weighted by Gasteiger charge is -2.10. The van der Waals surface area contributed by atoms with Crippen molar-refractivity contribution in [3.63, 3.8) is 0 Å². The predicted molar refractivity (Wildman–Crippen MR) is 81.1 cm³/mol. The van der Waals surface area contributed by atoms with Gasteiger partial charge in [0.15, 0.2) is 0 Å². The maximum Gasteiger partial charge on any atom is 0.290 e. The van der Waals surface area contributed by atoms with Crippen molar-refractivity contribution in [2.45, 2.75) is 13.0 Å². The average Bonchev–Trinajstić information content (AvgIpc) is 3.10. The molecule has 0 unspecified atom stereocenters. The zero-order valence-corrected chi connectivity index (χ0v) is 12.1. The highest BCUT2D eigenvalue weighted by Gasteiger charge is 2.15. The summed E-state index contributed by atoms with van der Waals surface area (Å²) in [5, 5.41) is 16.5. The minimum Gasteiger partial charge on any atom is -0.267 e. The summed E-state index contributed by atoms with van der Waals surface area (Å²) < 4.78 is 1.71. The number of hydrogen-bond acceptors (Lipinski definition) is 4. The maximum atomic E-state index is 9.12. The predicted octanol–water partition coefficient (Wildman–Crippen LogP) is 2.13. The Hall–Kier alpha value is -3.20. The van der Waals surface area contributed by atoms with Crippen LogP contribution in [0.3, 0.4) is 0 Å². The van der Waals surface area contributed by atoms with Crippen molar-refractivity contribution >= 4 is 5.82 Å². The van der Waals surface area contributed by atoms with E-state index >= 15 is 0 Å². The van der Waals surface area contributed by atoms with Crippen molar-refractivity contribution < 1.29 is 4.98 Å². The van der Waals surface area contributed by atoms with Crippen LogP contribution in [0.1, 0.15) is 24.1 Å². The van der Waals surface area contributed by atoms with Gasteiger partial charge in [-0.2, -0.15) is 10.4 Å². The fourth-order valence-corrected chi connectivity index (χ4v) is 2.21. The number of rotatable bonds is 4. The quantitative estimate of drug-likeness (QED) is 0.798. The second-order valence-electron chi connectivity index (χ2n) is 4.87. The normalized spacial score (nSPS) is 11.6. The fraction of sp³-hybridized carbons (Fsp3) is 0.125. The summed E-state index contributed by atoms with van der Waals surface area (Å²) in [5.74, 6) is 0.720. The van der Waals surface area contributed by atoms with Gasteiger partial charge in [-0.3, -0.25) is 5.32 Å². The van der Waals surface area contributed by atoms with Gasteiger partial charge in [0, 0.05) is 0 Å². The molecule has 0 fully saturated rings. The van der Waals surface area contributed by atoms with Crippen LogP contribution in [0.15, 0.2) is 55.2 Å². The van der Waals surface area contributed by atoms with Gasteiger partial charge in [0.05, 0.1) is 11.9 Å². The Kier molecular flexibility index (Phi) is 3.79. The van der Waals surface area contributed by atoms with Crippen LogP contribution in [0, 0.1) is 11.3 Å². The number of anilines is 1. The maximum absolute atomic E-state index is 9.12. The minimum atomic E-state index is 0.0653. The monoisotopic (exact) mass is 291 g/mol. The first-order valence-corrected chi connectivity index (χ1v) is 6.90. The van der Waals surface area contributed by atoms with Crippen LogP contribution >= 0.6 is 0 Å². The van der Waals surface area contributed by atoms with Gasteiger partial charge in [-0.1, -0.05) is 12.1 Å². The molecule has 0 aliphatic rings. The molecule has 108 valence electrons. The van der Waals surface area contributed by atoms with E-state index in [0.717, 1.165) is 17.1 Å². The summed E-state index contributed by atoms with van der Waals surface area (Å²) in [5.41, 5.74) is 2.66. The first-order chi connectivity index (χ1) is 10.8. The lowest BCUT2D eigenvalue weighted by atomic mass is 10.1. The number of nitrogens with one attached hydrogen (secondary N) is 2. The lowest BCUT2D eigenvalue weighted by molar-refractivity contribution is -0.361. The molecule has 1 aromatic carbocycles. The van der Waals surface area contributed by atoms with Crippen molar-refractivity contribution in [2.24, 2.45) is 0 Å². The van der Waals surface area contributed by atoms with Crippen LogP contribution in [0.5, 0.6) is 0 Å². The molecule has 0 amide bonds. The Labute approximate surface area is 128 Å². The topological polar surface area (TPSA) is 80.7 Å². The summed E-state index contributed by atoms with van der Waals surface area (Å²) in [6.45, 7) is 2.05. The highest BCUT2D eigenvalue weighted by atomic mass is 15.3. The third kappa shape index (κ3) is 2.79. The zero-order valence-electron chi connectivity index (χ0n) is 12.1. The molecule has 22 heavy (non-hydrogen) atoms. The van der Waals surface area contributed by atoms with Crippen molar-refractivity contribution in [3.05, 3.63) is 66.4 Å². The van der Waals surface area contributed by atoms with Crippen LogP contribution < -0.4 is 10.3 Å². The molecule has 2 aromatic heterocycles. The lowest BCUT2D eigenvalue weighted by Crippen LogP contribution is -2.17. The molecule has 3 rings (SSSR count). The Morgan fingerprint density at radius 2 is 2.09 bits per heavy atom. The second kappa shape index (κ2) is 6.06. The molecule has 6 nitrogen and oxygen atoms in total. The Morgan fingerprint density at radius 3 is 2.77 bits per heavy atom. The van der Waals surface area contributed by atoms with Crippen LogP contribution in [-0.2, 0) is 0 Å².